The van der Waals surface area contributed by atoms with Crippen molar-refractivity contribution < 1.29 is 19.1 Å². The lowest BCUT2D eigenvalue weighted by Crippen LogP contribution is -2.55. The molecule has 3 aromatic rings. The van der Waals surface area contributed by atoms with Gasteiger partial charge in [-0.05, 0) is 24.5 Å². The highest BCUT2D eigenvalue weighted by Crippen LogP contribution is 2.19. The number of imidazole rings is 1. The van der Waals surface area contributed by atoms with Gasteiger partial charge in [0.1, 0.15) is 12.1 Å². The molecule has 13 nitrogen and oxygen atoms in total. The highest BCUT2D eigenvalue weighted by molar-refractivity contribution is 5.93. The zero-order chi connectivity index (χ0) is 26.8. The lowest BCUT2D eigenvalue weighted by atomic mass is 10.0. The molecule has 0 saturated carbocycles. The third-order valence-electron chi connectivity index (χ3n) is 5.81. The summed E-state index contributed by atoms with van der Waals surface area (Å²) in [6.45, 7) is 0.281. The second-order valence-corrected chi connectivity index (χ2v) is 8.55. The summed E-state index contributed by atoms with van der Waals surface area (Å²) >= 11 is 0. The monoisotopic (exact) mass is 583 g/mol. The van der Waals surface area contributed by atoms with Gasteiger partial charge in [-0.25, -0.2) is 9.78 Å². The van der Waals surface area contributed by atoms with Crippen molar-refractivity contribution in [2.45, 2.75) is 43.8 Å². The molecule has 2 heterocycles. The minimum Gasteiger partial charge on any atom is -0.467 e. The van der Waals surface area contributed by atoms with Gasteiger partial charge in [0.05, 0.1) is 19.5 Å². The molecule has 0 unspecified atom stereocenters. The fourth-order valence-corrected chi connectivity index (χ4v) is 3.90. The first-order valence-electron chi connectivity index (χ1n) is 11.8. The van der Waals surface area contributed by atoms with Crippen LogP contribution in [-0.4, -0.2) is 70.5 Å². The normalized spacial score (nSPS) is 12.7. The third kappa shape index (κ3) is 9.78. The molecule has 0 saturated heterocycles. The third-order valence-corrected chi connectivity index (χ3v) is 5.81. The van der Waals surface area contributed by atoms with E-state index in [1.807, 2.05) is 24.3 Å². The van der Waals surface area contributed by atoms with Gasteiger partial charge in [-0.1, -0.05) is 18.2 Å². The molecule has 15 heteroatoms. The van der Waals surface area contributed by atoms with Gasteiger partial charge in [-0.3, -0.25) is 14.6 Å². The number of carbonyl (C=O) groups is 3. The molecule has 2 aromatic heterocycles. The fraction of sp³-hybridized carbons (Fsp3) is 0.375. The largest absolute Gasteiger partial charge is 0.467 e. The number of nitrogens with two attached hydrogens (primary N) is 3. The number of carbonyl (C=O) groups excluding carboxylic acids is 3. The quantitative estimate of drug-likeness (QED) is 0.0628. The predicted octanol–water partition coefficient (Wildman–Crippen LogP) is 0.0433. The van der Waals surface area contributed by atoms with E-state index in [1.165, 1.54) is 13.4 Å². The Morgan fingerprint density at radius 3 is 2.44 bits per heavy atom. The van der Waals surface area contributed by atoms with Gasteiger partial charge in [0.15, 0.2) is 5.96 Å². The Kier molecular flexibility index (Phi) is 13.8. The van der Waals surface area contributed by atoms with Gasteiger partial charge in [-0.15, -0.1) is 24.8 Å². The van der Waals surface area contributed by atoms with Gasteiger partial charge in [0, 0.05) is 48.4 Å². The van der Waals surface area contributed by atoms with Crippen LogP contribution < -0.4 is 27.8 Å². The summed E-state index contributed by atoms with van der Waals surface area (Å²) in [5, 5.41) is 6.36. The van der Waals surface area contributed by atoms with E-state index in [0.717, 1.165) is 16.5 Å². The number of benzene rings is 1. The van der Waals surface area contributed by atoms with Crippen LogP contribution in [0.2, 0.25) is 0 Å². The summed E-state index contributed by atoms with van der Waals surface area (Å²) in [6.07, 6.45) is 5.90. The van der Waals surface area contributed by atoms with Crippen molar-refractivity contribution in [3.05, 3.63) is 54.2 Å². The Hall–Kier alpha value is -3.81. The number of nitrogens with one attached hydrogen (secondary N) is 4. The number of halogens is 2. The number of ether oxygens (including phenoxy) is 1. The van der Waals surface area contributed by atoms with Gasteiger partial charge in [0.25, 0.3) is 0 Å². The Balaban J connectivity index is 0.00000380. The van der Waals surface area contributed by atoms with Crippen molar-refractivity contribution in [3.8, 4) is 0 Å². The van der Waals surface area contributed by atoms with Crippen LogP contribution in [0.3, 0.4) is 0 Å². The molecule has 214 valence electrons. The Bertz CT molecular complexity index is 1230. The molecule has 2 amide bonds. The topological polar surface area (TPSA) is 219 Å². The zero-order valence-corrected chi connectivity index (χ0v) is 23.0. The van der Waals surface area contributed by atoms with Crippen molar-refractivity contribution in [2.75, 3.05) is 13.7 Å². The molecule has 3 atom stereocenters. The maximum atomic E-state index is 13.4. The van der Waals surface area contributed by atoms with E-state index in [1.54, 1.807) is 12.4 Å². The van der Waals surface area contributed by atoms with Gasteiger partial charge in [-0.2, -0.15) is 0 Å². The Labute approximate surface area is 237 Å². The van der Waals surface area contributed by atoms with Crippen LogP contribution in [0.4, 0.5) is 0 Å². The van der Waals surface area contributed by atoms with E-state index >= 15 is 0 Å². The van der Waals surface area contributed by atoms with E-state index in [9.17, 15) is 14.4 Å². The molecule has 0 bridgehead atoms. The minimum atomic E-state index is -1.01. The van der Waals surface area contributed by atoms with Crippen molar-refractivity contribution in [3.63, 3.8) is 0 Å². The second-order valence-electron chi connectivity index (χ2n) is 8.55. The highest BCUT2D eigenvalue weighted by atomic mass is 35.5. The number of aromatic nitrogens is 3. The number of guanidine groups is 1. The van der Waals surface area contributed by atoms with Gasteiger partial charge < -0.3 is 42.5 Å². The highest BCUT2D eigenvalue weighted by Gasteiger charge is 2.29. The molecule has 0 aliphatic carbocycles. The first-order chi connectivity index (χ1) is 17.8. The number of para-hydroxylation sites is 1. The number of amides is 2. The lowest BCUT2D eigenvalue weighted by Gasteiger charge is -2.23. The van der Waals surface area contributed by atoms with E-state index in [2.05, 4.69) is 30.6 Å². The van der Waals surface area contributed by atoms with E-state index in [-0.39, 0.29) is 56.6 Å². The Morgan fingerprint density at radius 2 is 1.77 bits per heavy atom. The zero-order valence-electron chi connectivity index (χ0n) is 21.4. The van der Waals surface area contributed by atoms with Crippen molar-refractivity contribution in [2.24, 2.45) is 22.2 Å². The van der Waals surface area contributed by atoms with Crippen LogP contribution in [0.5, 0.6) is 0 Å². The van der Waals surface area contributed by atoms with Crippen LogP contribution in [0.25, 0.3) is 10.9 Å². The summed E-state index contributed by atoms with van der Waals surface area (Å²) in [7, 11) is 1.23. The summed E-state index contributed by atoms with van der Waals surface area (Å²) < 4.78 is 4.85. The van der Waals surface area contributed by atoms with Crippen molar-refractivity contribution in [1.29, 1.82) is 0 Å². The van der Waals surface area contributed by atoms with Crippen LogP contribution >= 0.6 is 24.8 Å². The summed E-state index contributed by atoms with van der Waals surface area (Å²) in [4.78, 5) is 52.6. The number of H-pyrrole nitrogens is 2. The maximum Gasteiger partial charge on any atom is 0.328 e. The first-order valence-corrected chi connectivity index (χ1v) is 11.8. The molecule has 39 heavy (non-hydrogen) atoms. The number of rotatable bonds is 13. The molecular weight excluding hydrogens is 549 g/mol. The number of hydrogen-bond donors (Lipinski definition) is 7. The van der Waals surface area contributed by atoms with Crippen molar-refractivity contribution in [1.82, 2.24) is 25.6 Å². The van der Waals surface area contributed by atoms with Crippen molar-refractivity contribution >= 4 is 59.5 Å². The molecule has 0 aliphatic rings. The fourth-order valence-electron chi connectivity index (χ4n) is 3.90. The summed E-state index contributed by atoms with van der Waals surface area (Å²) in [5.41, 5.74) is 19.2. The molecular formula is C24H35Cl2N9O4. The second kappa shape index (κ2) is 16.2. The van der Waals surface area contributed by atoms with Crippen LogP contribution in [-0.2, 0) is 32.0 Å². The number of esters is 1. The molecule has 3 rings (SSSR count). The van der Waals surface area contributed by atoms with E-state index in [0.29, 0.717) is 12.1 Å². The van der Waals surface area contributed by atoms with E-state index in [4.69, 9.17) is 21.9 Å². The summed E-state index contributed by atoms with van der Waals surface area (Å²) in [6, 6.07) is 4.73. The molecule has 0 spiro atoms. The predicted molar refractivity (Wildman–Crippen MR) is 153 cm³/mol. The van der Waals surface area contributed by atoms with Crippen LogP contribution in [0.1, 0.15) is 24.1 Å². The minimum absolute atomic E-state index is 0. The number of methoxy groups -OCH3 is 1. The average molecular weight is 585 g/mol. The molecule has 0 aliphatic heterocycles. The first kappa shape index (κ1) is 33.2. The molecule has 0 radical (unpaired) electrons. The van der Waals surface area contributed by atoms with Crippen LogP contribution in [0, 0.1) is 0 Å². The number of fused-ring (bicyclic) bond motifs is 1. The number of hydrogen-bond acceptors (Lipinski definition) is 7. The number of aliphatic imine (C=N–C) groups is 1. The number of aromatic amines is 2. The molecule has 10 N–H and O–H groups in total. The lowest BCUT2D eigenvalue weighted by molar-refractivity contribution is -0.145. The smallest absolute Gasteiger partial charge is 0.328 e. The van der Waals surface area contributed by atoms with Crippen LogP contribution in [0.15, 0.2) is 48.0 Å². The maximum absolute atomic E-state index is 13.4. The average Bonchev–Trinajstić information content (AvgIpc) is 3.54. The standard InChI is InChI=1S/C24H33N9O4.2ClH/c1-37-23(36)19(7-4-8-29-24(26)27)32-22(35)20(9-14-11-30-18-6-3-2-5-16(14)18)33-21(34)17(25)10-15-12-28-13-31-15;;/h2-3,5-6,11-13,17,19-20,30H,4,7-10,25H2,1H3,(H,28,31)(H,32,35)(H,33,34)(H4,26,27,29);2*1H/t17-,19-,20-;;/m0../s1. The number of nitrogens with zero attached hydrogens (tertiary/aromatic N) is 2. The van der Waals surface area contributed by atoms with Gasteiger partial charge in [0.2, 0.25) is 11.8 Å². The molecule has 0 fully saturated rings. The summed E-state index contributed by atoms with van der Waals surface area (Å²) in [5.74, 6) is -1.75. The van der Waals surface area contributed by atoms with E-state index < -0.39 is 35.9 Å². The molecule has 1 aromatic carbocycles. The Morgan fingerprint density at radius 1 is 1.05 bits per heavy atom. The van der Waals surface area contributed by atoms with Gasteiger partial charge >= 0.3 is 5.97 Å². The SMILES string of the molecule is COC(=O)[C@H](CCCN=C(N)N)NC(=O)[C@H](Cc1c[nH]c2ccccc12)NC(=O)[C@@H](N)Cc1cnc[nH]1.Cl.Cl.